The van der Waals surface area contributed by atoms with Gasteiger partial charge in [-0.05, 0) is 24.9 Å². The zero-order valence-electron chi connectivity index (χ0n) is 10.9. The fourth-order valence-corrected chi connectivity index (χ4v) is 3.41. The van der Waals surface area contributed by atoms with Gasteiger partial charge in [-0.25, -0.2) is 0 Å². The average molecular weight is 244 g/mol. The summed E-state index contributed by atoms with van der Waals surface area (Å²) in [5.74, 6) is 0.330. The van der Waals surface area contributed by atoms with E-state index in [0.29, 0.717) is 18.5 Å². The summed E-state index contributed by atoms with van der Waals surface area (Å²) in [5, 5.41) is 0. The van der Waals surface area contributed by atoms with Gasteiger partial charge in [-0.15, -0.1) is 0 Å². The second kappa shape index (κ2) is 4.73. The highest BCUT2D eigenvalue weighted by Gasteiger charge is 2.41. The molecule has 2 aliphatic rings. The maximum absolute atomic E-state index is 12.2. The highest BCUT2D eigenvalue weighted by atomic mass is 16.2. The van der Waals surface area contributed by atoms with Gasteiger partial charge >= 0.3 is 0 Å². The topological polar surface area (TPSA) is 23.6 Å². The summed E-state index contributed by atoms with van der Waals surface area (Å²) in [6, 6.07) is 10.7. The van der Waals surface area contributed by atoms with Crippen LogP contribution < -0.4 is 0 Å². The maximum atomic E-state index is 12.2. The van der Waals surface area contributed by atoms with Crippen LogP contribution in [0.2, 0.25) is 0 Å². The van der Waals surface area contributed by atoms with Crippen molar-refractivity contribution in [3.63, 3.8) is 0 Å². The van der Waals surface area contributed by atoms with Crippen molar-refractivity contribution in [1.82, 2.24) is 9.80 Å². The Labute approximate surface area is 108 Å². The van der Waals surface area contributed by atoms with Gasteiger partial charge in [0, 0.05) is 19.0 Å². The summed E-state index contributed by atoms with van der Waals surface area (Å²) in [6.07, 6.45) is 3.24. The minimum atomic E-state index is 0.267. The third-order valence-corrected chi connectivity index (χ3v) is 4.24. The van der Waals surface area contributed by atoms with E-state index in [4.69, 9.17) is 0 Å². The molecular formula is C15H20N2O. The molecule has 0 spiro atoms. The number of rotatable bonds is 2. The zero-order valence-corrected chi connectivity index (χ0v) is 10.9. The molecule has 0 aliphatic carbocycles. The molecule has 1 amide bonds. The summed E-state index contributed by atoms with van der Waals surface area (Å²) in [5.41, 5.74) is 1.28. The van der Waals surface area contributed by atoms with Crippen LogP contribution in [-0.4, -0.2) is 35.0 Å². The first-order chi connectivity index (χ1) is 8.81. The van der Waals surface area contributed by atoms with Crippen LogP contribution in [-0.2, 0) is 4.79 Å². The van der Waals surface area contributed by atoms with Crippen molar-refractivity contribution >= 4 is 5.91 Å². The van der Waals surface area contributed by atoms with Crippen molar-refractivity contribution < 1.29 is 4.79 Å². The van der Waals surface area contributed by atoms with Crippen molar-refractivity contribution in [2.45, 2.75) is 38.4 Å². The van der Waals surface area contributed by atoms with E-state index in [-0.39, 0.29) is 6.04 Å². The molecule has 2 fully saturated rings. The number of hydrogen-bond donors (Lipinski definition) is 0. The molecule has 0 aromatic heterocycles. The van der Waals surface area contributed by atoms with Crippen LogP contribution in [0, 0.1) is 0 Å². The third-order valence-electron chi connectivity index (χ3n) is 4.24. The molecule has 3 heteroatoms. The van der Waals surface area contributed by atoms with Crippen molar-refractivity contribution in [1.29, 1.82) is 0 Å². The molecule has 2 saturated heterocycles. The predicted molar refractivity (Wildman–Crippen MR) is 70.9 cm³/mol. The van der Waals surface area contributed by atoms with Crippen LogP contribution in [0.4, 0.5) is 0 Å². The highest BCUT2D eigenvalue weighted by Crippen LogP contribution is 2.36. The first-order valence-corrected chi connectivity index (χ1v) is 6.91. The second-order valence-electron chi connectivity index (χ2n) is 5.17. The summed E-state index contributed by atoms with van der Waals surface area (Å²) >= 11 is 0. The minimum Gasteiger partial charge on any atom is -0.327 e. The fraction of sp³-hybridized carbons (Fsp3) is 0.533. The van der Waals surface area contributed by atoms with Crippen LogP contribution in [0.1, 0.15) is 37.8 Å². The van der Waals surface area contributed by atoms with E-state index in [2.05, 4.69) is 41.0 Å². The molecule has 0 bridgehead atoms. The lowest BCUT2D eigenvalue weighted by molar-refractivity contribution is -0.145. The lowest BCUT2D eigenvalue weighted by atomic mass is 9.98. The Kier molecular flexibility index (Phi) is 3.08. The molecule has 1 aromatic carbocycles. The van der Waals surface area contributed by atoms with Crippen LogP contribution in [0.5, 0.6) is 0 Å². The van der Waals surface area contributed by atoms with Crippen molar-refractivity contribution in [3.8, 4) is 0 Å². The molecule has 3 nitrogen and oxygen atoms in total. The summed E-state index contributed by atoms with van der Waals surface area (Å²) < 4.78 is 0. The van der Waals surface area contributed by atoms with E-state index in [1.54, 1.807) is 0 Å². The van der Waals surface area contributed by atoms with Crippen LogP contribution in [0.25, 0.3) is 0 Å². The largest absolute Gasteiger partial charge is 0.327 e. The minimum absolute atomic E-state index is 0.267. The number of hydrogen-bond acceptors (Lipinski definition) is 2. The highest BCUT2D eigenvalue weighted by molar-refractivity contribution is 5.78. The van der Waals surface area contributed by atoms with Gasteiger partial charge in [-0.3, -0.25) is 9.69 Å². The van der Waals surface area contributed by atoms with Gasteiger partial charge in [0.15, 0.2) is 0 Å². The Morgan fingerprint density at radius 1 is 1.28 bits per heavy atom. The molecule has 0 saturated carbocycles. The normalized spacial score (nSPS) is 28.5. The van der Waals surface area contributed by atoms with Crippen molar-refractivity contribution in [3.05, 3.63) is 35.9 Å². The SMILES string of the molecule is CCN1C2CCCN2C(=O)C[C@H]1c1ccccc1. The standard InChI is InChI=1S/C15H20N2O/c1-2-16-13(12-7-4-3-5-8-12)11-15(18)17-10-6-9-14(16)17/h3-5,7-8,13-14H,2,6,9-11H2,1H3/t13-,14?/m0/s1. The maximum Gasteiger partial charge on any atom is 0.225 e. The first-order valence-electron chi connectivity index (χ1n) is 6.91. The van der Waals surface area contributed by atoms with E-state index in [9.17, 15) is 4.79 Å². The molecule has 96 valence electrons. The van der Waals surface area contributed by atoms with E-state index in [0.717, 1.165) is 25.9 Å². The molecule has 2 heterocycles. The first kappa shape index (κ1) is 11.7. The molecule has 18 heavy (non-hydrogen) atoms. The number of fused-ring (bicyclic) bond motifs is 1. The second-order valence-corrected chi connectivity index (χ2v) is 5.17. The van der Waals surface area contributed by atoms with Gasteiger partial charge in [-0.2, -0.15) is 0 Å². The third kappa shape index (κ3) is 1.83. The number of amides is 1. The Morgan fingerprint density at radius 3 is 2.78 bits per heavy atom. The van der Waals surface area contributed by atoms with Gasteiger partial charge in [0.25, 0.3) is 0 Å². The lowest BCUT2D eigenvalue weighted by Gasteiger charge is -2.44. The van der Waals surface area contributed by atoms with Gasteiger partial charge in [0.1, 0.15) is 0 Å². The van der Waals surface area contributed by atoms with E-state index in [1.807, 2.05) is 6.07 Å². The smallest absolute Gasteiger partial charge is 0.225 e. The van der Waals surface area contributed by atoms with Gasteiger partial charge < -0.3 is 4.90 Å². The van der Waals surface area contributed by atoms with E-state index in [1.165, 1.54) is 5.56 Å². The molecule has 0 radical (unpaired) electrons. The zero-order chi connectivity index (χ0) is 12.5. The average Bonchev–Trinajstić information content (AvgIpc) is 2.89. The predicted octanol–water partition coefficient (Wildman–Crippen LogP) is 2.40. The molecule has 3 rings (SSSR count). The van der Waals surface area contributed by atoms with E-state index < -0.39 is 0 Å². The number of carbonyl (C=O) groups is 1. The number of nitrogens with zero attached hydrogens (tertiary/aromatic N) is 2. The van der Waals surface area contributed by atoms with E-state index >= 15 is 0 Å². The monoisotopic (exact) mass is 244 g/mol. The van der Waals surface area contributed by atoms with Crippen molar-refractivity contribution in [2.24, 2.45) is 0 Å². The van der Waals surface area contributed by atoms with Crippen LogP contribution >= 0.6 is 0 Å². The van der Waals surface area contributed by atoms with Crippen LogP contribution in [0.15, 0.2) is 30.3 Å². The molecule has 2 aliphatic heterocycles. The van der Waals surface area contributed by atoms with Gasteiger partial charge in [-0.1, -0.05) is 37.3 Å². The molecule has 0 N–H and O–H groups in total. The van der Waals surface area contributed by atoms with Gasteiger partial charge in [0.2, 0.25) is 5.91 Å². The number of carbonyl (C=O) groups excluding carboxylic acids is 1. The Hall–Kier alpha value is -1.35. The van der Waals surface area contributed by atoms with Crippen molar-refractivity contribution in [2.75, 3.05) is 13.1 Å². The molecule has 2 atom stereocenters. The quantitative estimate of drug-likeness (QED) is 0.797. The Bertz CT molecular complexity index is 431. The Balaban J connectivity index is 1.92. The fourth-order valence-electron chi connectivity index (χ4n) is 3.41. The van der Waals surface area contributed by atoms with Crippen LogP contribution in [0.3, 0.4) is 0 Å². The summed E-state index contributed by atoms with van der Waals surface area (Å²) in [6.45, 7) is 4.15. The Morgan fingerprint density at radius 2 is 2.06 bits per heavy atom. The van der Waals surface area contributed by atoms with Gasteiger partial charge in [0.05, 0.1) is 6.17 Å². The summed E-state index contributed by atoms with van der Waals surface area (Å²) in [7, 11) is 0. The lowest BCUT2D eigenvalue weighted by Crippen LogP contribution is -2.54. The molecule has 1 unspecified atom stereocenters. The number of benzene rings is 1. The molecule has 1 aromatic rings. The molecular weight excluding hydrogens is 224 g/mol. The summed E-state index contributed by atoms with van der Waals surface area (Å²) in [4.78, 5) is 16.8.